The number of aryl methyl sites for hydroxylation is 3. The van der Waals surface area contributed by atoms with E-state index in [9.17, 15) is 0 Å². The van der Waals surface area contributed by atoms with Crippen molar-refractivity contribution in [1.29, 1.82) is 0 Å². The fourth-order valence-electron chi connectivity index (χ4n) is 2.44. The summed E-state index contributed by atoms with van der Waals surface area (Å²) in [5.41, 5.74) is 3.89. The first-order chi connectivity index (χ1) is 9.62. The number of hydrogen-bond donors (Lipinski definition) is 1. The molecule has 1 rings (SSSR count). The fraction of sp³-hybridized carbons (Fsp3) is 0.765. The quantitative estimate of drug-likeness (QED) is 0.751. The number of nitrogens with zero attached hydrogens (tertiary/aromatic N) is 2. The zero-order valence-electron chi connectivity index (χ0n) is 13.9. The van der Waals surface area contributed by atoms with E-state index in [1.807, 2.05) is 0 Å². The molecule has 0 saturated carbocycles. The molecule has 1 heterocycles. The highest BCUT2D eigenvalue weighted by atomic mass is 14.9. The Morgan fingerprint density at radius 3 is 2.00 bits per heavy atom. The summed E-state index contributed by atoms with van der Waals surface area (Å²) in [4.78, 5) is 9.59. The van der Waals surface area contributed by atoms with Gasteiger partial charge in [0, 0.05) is 23.9 Å². The van der Waals surface area contributed by atoms with E-state index >= 15 is 0 Å². The average molecular weight is 277 g/mol. The predicted octanol–water partition coefficient (Wildman–Crippen LogP) is 3.48. The summed E-state index contributed by atoms with van der Waals surface area (Å²) < 4.78 is 0. The lowest BCUT2D eigenvalue weighted by Gasteiger charge is -2.15. The van der Waals surface area contributed by atoms with Gasteiger partial charge in [0.25, 0.3) is 0 Å². The second kappa shape index (κ2) is 9.06. The first-order valence-electron chi connectivity index (χ1n) is 8.23. The molecule has 0 unspecified atom stereocenters. The Balaban J connectivity index is 2.90. The predicted molar refractivity (Wildman–Crippen MR) is 86.2 cm³/mol. The van der Waals surface area contributed by atoms with Gasteiger partial charge in [-0.2, -0.15) is 0 Å². The molecule has 0 bridgehead atoms. The van der Waals surface area contributed by atoms with Gasteiger partial charge in [0.1, 0.15) is 5.82 Å². The van der Waals surface area contributed by atoms with Gasteiger partial charge in [-0.1, -0.05) is 41.0 Å². The van der Waals surface area contributed by atoms with Crippen molar-refractivity contribution >= 4 is 0 Å². The highest BCUT2D eigenvalue weighted by molar-refractivity contribution is 5.27. The maximum atomic E-state index is 4.80. The molecular formula is C17H31N3. The second-order valence-corrected chi connectivity index (χ2v) is 5.68. The highest BCUT2D eigenvalue weighted by Gasteiger charge is 2.12. The van der Waals surface area contributed by atoms with E-state index in [-0.39, 0.29) is 0 Å². The SMILES string of the molecule is CCCCc1nc(CC)c(CCNC(C)C)c(CC)n1. The van der Waals surface area contributed by atoms with Gasteiger partial charge in [-0.25, -0.2) is 9.97 Å². The van der Waals surface area contributed by atoms with E-state index in [1.165, 1.54) is 29.8 Å². The van der Waals surface area contributed by atoms with Crippen LogP contribution in [0.3, 0.4) is 0 Å². The molecular weight excluding hydrogens is 246 g/mol. The normalized spacial score (nSPS) is 11.3. The molecule has 0 fully saturated rings. The standard InChI is InChI=1S/C17H31N3/c1-6-9-10-17-19-15(7-2)14(16(8-3)20-17)11-12-18-13(4)5/h13,18H,6-12H2,1-5H3. The average Bonchev–Trinajstić information content (AvgIpc) is 2.44. The van der Waals surface area contributed by atoms with Crippen molar-refractivity contribution in [2.75, 3.05) is 6.54 Å². The van der Waals surface area contributed by atoms with Gasteiger partial charge in [-0.3, -0.25) is 0 Å². The lowest BCUT2D eigenvalue weighted by Crippen LogP contribution is -2.26. The first kappa shape index (κ1) is 17.1. The van der Waals surface area contributed by atoms with Crippen LogP contribution >= 0.6 is 0 Å². The van der Waals surface area contributed by atoms with Crippen LogP contribution in [0, 0.1) is 0 Å². The van der Waals surface area contributed by atoms with E-state index in [4.69, 9.17) is 9.97 Å². The van der Waals surface area contributed by atoms with Crippen molar-refractivity contribution in [3.05, 3.63) is 22.8 Å². The highest BCUT2D eigenvalue weighted by Crippen LogP contribution is 2.15. The van der Waals surface area contributed by atoms with Gasteiger partial charge in [0.05, 0.1) is 0 Å². The molecule has 3 nitrogen and oxygen atoms in total. The molecule has 0 saturated heterocycles. The molecule has 0 amide bonds. The van der Waals surface area contributed by atoms with Crippen molar-refractivity contribution in [3.8, 4) is 0 Å². The van der Waals surface area contributed by atoms with Crippen LogP contribution in [0.1, 0.15) is 70.2 Å². The summed E-state index contributed by atoms with van der Waals surface area (Å²) in [6, 6.07) is 0.537. The lowest BCUT2D eigenvalue weighted by molar-refractivity contribution is 0.585. The number of unbranched alkanes of at least 4 members (excludes halogenated alkanes) is 1. The van der Waals surface area contributed by atoms with Crippen molar-refractivity contribution in [2.45, 2.75) is 79.2 Å². The molecule has 0 spiro atoms. The number of aromatic nitrogens is 2. The van der Waals surface area contributed by atoms with Crippen LogP contribution in [0.4, 0.5) is 0 Å². The van der Waals surface area contributed by atoms with Gasteiger partial charge in [0.15, 0.2) is 0 Å². The van der Waals surface area contributed by atoms with Gasteiger partial charge in [-0.05, 0) is 37.8 Å². The molecule has 1 N–H and O–H groups in total. The zero-order valence-corrected chi connectivity index (χ0v) is 13.9. The molecule has 1 aromatic rings. The zero-order chi connectivity index (χ0) is 15.0. The van der Waals surface area contributed by atoms with E-state index in [0.717, 1.165) is 38.1 Å². The Kier molecular flexibility index (Phi) is 7.75. The van der Waals surface area contributed by atoms with Crippen LogP contribution < -0.4 is 5.32 Å². The minimum Gasteiger partial charge on any atom is -0.314 e. The molecule has 3 heteroatoms. The van der Waals surface area contributed by atoms with Gasteiger partial charge < -0.3 is 5.32 Å². The first-order valence-corrected chi connectivity index (χ1v) is 8.23. The Bertz CT molecular complexity index is 374. The summed E-state index contributed by atoms with van der Waals surface area (Å²) in [5.74, 6) is 1.04. The molecule has 0 radical (unpaired) electrons. The maximum absolute atomic E-state index is 4.80. The Morgan fingerprint density at radius 2 is 1.55 bits per heavy atom. The third kappa shape index (κ3) is 5.20. The van der Waals surface area contributed by atoms with Gasteiger partial charge in [-0.15, -0.1) is 0 Å². The van der Waals surface area contributed by atoms with Crippen molar-refractivity contribution < 1.29 is 0 Å². The van der Waals surface area contributed by atoms with E-state index < -0.39 is 0 Å². The largest absolute Gasteiger partial charge is 0.314 e. The van der Waals surface area contributed by atoms with Gasteiger partial charge in [0.2, 0.25) is 0 Å². The van der Waals surface area contributed by atoms with Crippen molar-refractivity contribution in [2.24, 2.45) is 0 Å². The Morgan fingerprint density at radius 1 is 0.950 bits per heavy atom. The molecule has 20 heavy (non-hydrogen) atoms. The third-order valence-electron chi connectivity index (χ3n) is 3.58. The minimum absolute atomic E-state index is 0.537. The Hall–Kier alpha value is -0.960. The monoisotopic (exact) mass is 277 g/mol. The molecule has 0 atom stereocenters. The smallest absolute Gasteiger partial charge is 0.128 e. The topological polar surface area (TPSA) is 37.8 Å². The maximum Gasteiger partial charge on any atom is 0.128 e. The molecule has 114 valence electrons. The molecule has 1 aromatic heterocycles. The van der Waals surface area contributed by atoms with Crippen LogP contribution in [0.2, 0.25) is 0 Å². The van der Waals surface area contributed by atoms with Crippen molar-refractivity contribution in [3.63, 3.8) is 0 Å². The van der Waals surface area contributed by atoms with Gasteiger partial charge >= 0.3 is 0 Å². The number of nitrogens with one attached hydrogen (secondary N) is 1. The van der Waals surface area contributed by atoms with E-state index in [2.05, 4.69) is 39.9 Å². The summed E-state index contributed by atoms with van der Waals surface area (Å²) in [6.45, 7) is 12.0. The minimum atomic E-state index is 0.537. The Labute approximate surface area is 124 Å². The van der Waals surface area contributed by atoms with Crippen molar-refractivity contribution in [1.82, 2.24) is 15.3 Å². The van der Waals surface area contributed by atoms with E-state index in [0.29, 0.717) is 6.04 Å². The number of rotatable bonds is 9. The number of hydrogen-bond acceptors (Lipinski definition) is 3. The van der Waals surface area contributed by atoms with E-state index in [1.54, 1.807) is 0 Å². The van der Waals surface area contributed by atoms with Crippen LogP contribution in [0.15, 0.2) is 0 Å². The third-order valence-corrected chi connectivity index (χ3v) is 3.58. The lowest BCUT2D eigenvalue weighted by atomic mass is 10.0. The van der Waals surface area contributed by atoms with Crippen LogP contribution in [-0.4, -0.2) is 22.6 Å². The summed E-state index contributed by atoms with van der Waals surface area (Å²) in [6.07, 6.45) is 6.45. The van der Waals surface area contributed by atoms with Crippen LogP contribution in [0.5, 0.6) is 0 Å². The van der Waals surface area contributed by atoms with Crippen LogP contribution in [-0.2, 0) is 25.7 Å². The molecule has 0 aliphatic heterocycles. The summed E-state index contributed by atoms with van der Waals surface area (Å²) in [5, 5.41) is 3.49. The fourth-order valence-corrected chi connectivity index (χ4v) is 2.44. The summed E-state index contributed by atoms with van der Waals surface area (Å²) in [7, 11) is 0. The summed E-state index contributed by atoms with van der Waals surface area (Å²) >= 11 is 0. The van der Waals surface area contributed by atoms with Crippen LogP contribution in [0.25, 0.3) is 0 Å². The molecule has 0 aromatic carbocycles. The molecule has 0 aliphatic carbocycles. The molecule has 0 aliphatic rings. The second-order valence-electron chi connectivity index (χ2n) is 5.68.